The molecule has 0 atom stereocenters. The quantitative estimate of drug-likeness (QED) is 0.0849. The third kappa shape index (κ3) is 38.1. The molecule has 0 fully saturated rings. The van der Waals surface area contributed by atoms with Gasteiger partial charge in [0.15, 0.2) is 0 Å². The van der Waals surface area contributed by atoms with Crippen LogP contribution in [-0.4, -0.2) is 45.7 Å². The van der Waals surface area contributed by atoms with Gasteiger partial charge in [0, 0.05) is 6.42 Å². The topological polar surface area (TPSA) is 98.0 Å². The first-order valence-electron chi connectivity index (χ1n) is 15.2. The molecule has 0 rings (SSSR count). The molecule has 0 bridgehead atoms. The average Bonchev–Trinajstić information content (AvgIpc) is 2.86. The van der Waals surface area contributed by atoms with Gasteiger partial charge in [-0.2, -0.15) is 0 Å². The first kappa shape index (κ1) is 36.5. The summed E-state index contributed by atoms with van der Waals surface area (Å²) in [6.45, 7) is 1.56. The number of hydrogen-bond donors (Lipinski definition) is 4. The predicted molar refractivity (Wildman–Crippen MR) is 149 cm³/mol. The Labute approximate surface area is 218 Å². The predicted octanol–water partition coefficient (Wildman–Crippen LogP) is 8.18. The van der Waals surface area contributed by atoms with Crippen LogP contribution in [0.3, 0.4) is 0 Å². The number of carboxylic acids is 1. The van der Waals surface area contributed by atoms with Crippen LogP contribution in [0, 0.1) is 0 Å². The first-order chi connectivity index (χ1) is 17.1. The Kier molecular flexibility index (Phi) is 34.8. The Morgan fingerprint density at radius 1 is 0.486 bits per heavy atom. The maximum atomic E-state index is 10.4. The van der Waals surface area contributed by atoms with Crippen LogP contribution in [0.4, 0.5) is 0 Å². The van der Waals surface area contributed by atoms with Crippen LogP contribution in [-0.2, 0) is 4.79 Å². The summed E-state index contributed by atoms with van der Waals surface area (Å²) < 4.78 is 0. The lowest BCUT2D eigenvalue weighted by molar-refractivity contribution is -0.137. The van der Waals surface area contributed by atoms with Crippen molar-refractivity contribution < 1.29 is 25.2 Å². The molecule has 0 radical (unpaired) electrons. The van der Waals surface area contributed by atoms with Gasteiger partial charge in [-0.3, -0.25) is 4.79 Å². The van der Waals surface area contributed by atoms with E-state index in [1.165, 1.54) is 141 Å². The molecule has 35 heavy (non-hydrogen) atoms. The van der Waals surface area contributed by atoms with E-state index in [0.29, 0.717) is 6.42 Å². The molecule has 5 heteroatoms. The number of carboxylic acid groups (broad SMARTS) is 1. The molecule has 0 aliphatic rings. The van der Waals surface area contributed by atoms with Gasteiger partial charge < -0.3 is 20.4 Å². The molecule has 0 saturated carbocycles. The molecule has 0 aromatic rings. The van der Waals surface area contributed by atoms with E-state index in [1.807, 2.05) is 0 Å². The highest BCUT2D eigenvalue weighted by atomic mass is 16.4. The van der Waals surface area contributed by atoms with Crippen molar-refractivity contribution in [3.63, 3.8) is 0 Å². The van der Waals surface area contributed by atoms with Crippen LogP contribution in [0.15, 0.2) is 0 Å². The van der Waals surface area contributed by atoms with Crippen LogP contribution in [0.1, 0.15) is 167 Å². The fourth-order valence-corrected chi connectivity index (χ4v) is 4.30. The van der Waals surface area contributed by atoms with Crippen molar-refractivity contribution in [2.24, 2.45) is 0 Å². The third-order valence-corrected chi connectivity index (χ3v) is 6.67. The molecule has 0 heterocycles. The van der Waals surface area contributed by atoms with Gasteiger partial charge in [0.25, 0.3) is 0 Å². The summed E-state index contributed by atoms with van der Waals surface area (Å²) in [5, 5.41) is 32.6. The number of aliphatic carboxylic acids is 1. The van der Waals surface area contributed by atoms with Crippen molar-refractivity contribution in [2.75, 3.05) is 13.2 Å². The van der Waals surface area contributed by atoms with Gasteiger partial charge >= 0.3 is 5.97 Å². The number of carbonyl (C=O) groups is 1. The molecule has 0 amide bonds. The van der Waals surface area contributed by atoms with Gasteiger partial charge in [0.2, 0.25) is 0 Å². The lowest BCUT2D eigenvalue weighted by Gasteiger charge is -2.04. The van der Waals surface area contributed by atoms with Crippen molar-refractivity contribution in [3.05, 3.63) is 0 Å². The Morgan fingerprint density at radius 2 is 0.714 bits per heavy atom. The highest BCUT2D eigenvalue weighted by Gasteiger charge is 1.98. The van der Waals surface area contributed by atoms with Crippen molar-refractivity contribution >= 4 is 5.97 Å². The van der Waals surface area contributed by atoms with E-state index in [-0.39, 0.29) is 13.2 Å². The zero-order valence-electron chi connectivity index (χ0n) is 23.4. The molecular formula is C30H62O5. The van der Waals surface area contributed by atoms with E-state index in [0.717, 1.165) is 12.8 Å². The van der Waals surface area contributed by atoms with E-state index in [4.69, 9.17) is 20.4 Å². The zero-order valence-corrected chi connectivity index (χ0v) is 23.4. The van der Waals surface area contributed by atoms with E-state index in [2.05, 4.69) is 6.92 Å². The van der Waals surface area contributed by atoms with Gasteiger partial charge in [0.1, 0.15) is 6.10 Å². The lowest BCUT2D eigenvalue weighted by atomic mass is 10.0. The summed E-state index contributed by atoms with van der Waals surface area (Å²) in [6.07, 6.45) is 32.6. The Morgan fingerprint density at radius 3 is 0.886 bits per heavy atom. The van der Waals surface area contributed by atoms with Gasteiger partial charge in [-0.25, -0.2) is 0 Å². The van der Waals surface area contributed by atoms with Crippen LogP contribution in [0.2, 0.25) is 0 Å². The minimum Gasteiger partial charge on any atom is -0.481 e. The van der Waals surface area contributed by atoms with Crippen LogP contribution < -0.4 is 0 Å². The number of aliphatic hydroxyl groups is 3. The van der Waals surface area contributed by atoms with Crippen molar-refractivity contribution in [1.82, 2.24) is 0 Å². The average molecular weight is 503 g/mol. The van der Waals surface area contributed by atoms with Crippen molar-refractivity contribution in [1.29, 1.82) is 0 Å². The highest BCUT2D eigenvalue weighted by Crippen LogP contribution is 2.15. The van der Waals surface area contributed by atoms with Crippen LogP contribution in [0.5, 0.6) is 0 Å². The molecule has 0 saturated heterocycles. The summed E-state index contributed by atoms with van der Waals surface area (Å²) in [7, 11) is 0. The van der Waals surface area contributed by atoms with Gasteiger partial charge in [0.05, 0.1) is 13.2 Å². The Balaban J connectivity index is 0. The van der Waals surface area contributed by atoms with E-state index >= 15 is 0 Å². The minimum atomic E-state index is -0.954. The van der Waals surface area contributed by atoms with Crippen LogP contribution in [0.25, 0.3) is 0 Å². The second kappa shape index (κ2) is 33.4. The molecule has 5 nitrogen and oxygen atoms in total. The molecule has 0 unspecified atom stereocenters. The standard InChI is InChI=1S/C27H54O2.C3H8O3/c1-2-3-4-5-6-7-8-9-10-11-12-13-14-15-16-17-18-19-20-21-22-23-24-25-26-27(28)29;4-1-3(6)2-5/h2-26H2,1H3,(H,28,29);3-6H,1-2H2. The fourth-order valence-electron chi connectivity index (χ4n) is 4.30. The van der Waals surface area contributed by atoms with Crippen LogP contribution >= 0.6 is 0 Å². The third-order valence-electron chi connectivity index (χ3n) is 6.67. The van der Waals surface area contributed by atoms with Gasteiger partial charge in [-0.05, 0) is 6.42 Å². The molecule has 0 aliphatic carbocycles. The SMILES string of the molecule is CCCCCCCCCCCCCCCCCCCCCCCCCCC(=O)O.OCC(O)CO. The molecule has 0 aliphatic heterocycles. The van der Waals surface area contributed by atoms with E-state index in [1.54, 1.807) is 0 Å². The van der Waals surface area contributed by atoms with Crippen molar-refractivity contribution in [2.45, 2.75) is 174 Å². The van der Waals surface area contributed by atoms with E-state index < -0.39 is 12.1 Å². The largest absolute Gasteiger partial charge is 0.481 e. The maximum absolute atomic E-state index is 10.4. The number of hydrogen-bond acceptors (Lipinski definition) is 4. The monoisotopic (exact) mass is 502 g/mol. The molecule has 0 aromatic heterocycles. The minimum absolute atomic E-state index is 0.346. The normalized spacial score (nSPS) is 11.0. The second-order valence-corrected chi connectivity index (χ2v) is 10.3. The molecular weight excluding hydrogens is 440 g/mol. The number of rotatable bonds is 27. The fraction of sp³-hybridized carbons (Fsp3) is 0.967. The maximum Gasteiger partial charge on any atom is 0.303 e. The molecule has 0 spiro atoms. The summed E-state index contributed by atoms with van der Waals surface area (Å²) >= 11 is 0. The summed E-state index contributed by atoms with van der Waals surface area (Å²) in [6, 6.07) is 0. The van der Waals surface area contributed by atoms with Gasteiger partial charge in [-0.15, -0.1) is 0 Å². The lowest BCUT2D eigenvalue weighted by Crippen LogP contribution is -2.15. The van der Waals surface area contributed by atoms with E-state index in [9.17, 15) is 4.79 Å². The first-order valence-corrected chi connectivity index (χ1v) is 15.2. The highest BCUT2D eigenvalue weighted by molar-refractivity contribution is 5.66. The summed E-state index contributed by atoms with van der Waals surface area (Å²) in [4.78, 5) is 10.4. The second-order valence-electron chi connectivity index (χ2n) is 10.3. The summed E-state index contributed by atoms with van der Waals surface area (Å²) in [5.41, 5.74) is 0. The molecule has 4 N–H and O–H groups in total. The van der Waals surface area contributed by atoms with Gasteiger partial charge in [-0.1, -0.05) is 155 Å². The Bertz CT molecular complexity index is 385. The summed E-state index contributed by atoms with van der Waals surface area (Å²) in [5.74, 6) is -0.649. The zero-order chi connectivity index (χ0) is 26.2. The number of aliphatic hydroxyl groups excluding tert-OH is 3. The molecule has 212 valence electrons. The van der Waals surface area contributed by atoms with Crippen molar-refractivity contribution in [3.8, 4) is 0 Å². The molecule has 0 aromatic carbocycles. The Hall–Kier alpha value is -0.650. The number of unbranched alkanes of at least 4 members (excludes halogenated alkanes) is 23. The smallest absolute Gasteiger partial charge is 0.303 e.